The van der Waals surface area contributed by atoms with E-state index >= 15 is 0 Å². The number of rotatable bonds is 4. The molecule has 2 aliphatic rings. The highest BCUT2D eigenvalue weighted by Gasteiger charge is 2.54. The molecular formula is C20H24N2O5. The molecule has 1 N–H and O–H groups in total. The van der Waals surface area contributed by atoms with E-state index in [0.29, 0.717) is 44.0 Å². The van der Waals surface area contributed by atoms with Crippen LogP contribution in [0, 0.1) is 13.8 Å². The molecule has 1 atom stereocenters. The van der Waals surface area contributed by atoms with E-state index in [1.807, 2.05) is 13.8 Å². The summed E-state index contributed by atoms with van der Waals surface area (Å²) in [5.74, 6) is 1.40. The van der Waals surface area contributed by atoms with Gasteiger partial charge in [0.2, 0.25) is 0 Å². The molecule has 1 unspecified atom stereocenters. The molecule has 2 aromatic rings. The van der Waals surface area contributed by atoms with Crippen molar-refractivity contribution in [2.75, 3.05) is 19.7 Å². The second kappa shape index (κ2) is 6.35. The van der Waals surface area contributed by atoms with E-state index in [0.717, 1.165) is 17.0 Å². The summed E-state index contributed by atoms with van der Waals surface area (Å²) in [7, 11) is 0. The molecule has 0 aliphatic carbocycles. The van der Waals surface area contributed by atoms with Crippen LogP contribution in [0.1, 0.15) is 40.7 Å². The van der Waals surface area contributed by atoms with E-state index in [-0.39, 0.29) is 11.5 Å². The predicted octanol–water partition coefficient (Wildman–Crippen LogP) is 2.24. The average molecular weight is 372 g/mol. The van der Waals surface area contributed by atoms with E-state index in [4.69, 9.17) is 14.0 Å². The summed E-state index contributed by atoms with van der Waals surface area (Å²) in [4.78, 5) is 14.4. The molecule has 7 nitrogen and oxygen atoms in total. The van der Waals surface area contributed by atoms with Gasteiger partial charge in [-0.2, -0.15) is 0 Å². The molecule has 144 valence electrons. The molecule has 0 radical (unpaired) electrons. The van der Waals surface area contributed by atoms with Crippen molar-refractivity contribution in [1.82, 2.24) is 10.1 Å². The Labute approximate surface area is 157 Å². The number of aliphatic hydroxyl groups is 1. The topological polar surface area (TPSA) is 85.0 Å². The van der Waals surface area contributed by atoms with Crippen LogP contribution < -0.4 is 4.74 Å². The fourth-order valence-corrected chi connectivity index (χ4v) is 3.84. The smallest absolute Gasteiger partial charge is 0.254 e. The Morgan fingerprint density at radius 2 is 2.00 bits per heavy atom. The molecule has 4 rings (SSSR count). The van der Waals surface area contributed by atoms with Crippen LogP contribution in [0.5, 0.6) is 5.75 Å². The number of hydrogen-bond donors (Lipinski definition) is 1. The van der Waals surface area contributed by atoms with Gasteiger partial charge in [0.05, 0.1) is 36.6 Å². The van der Waals surface area contributed by atoms with E-state index in [1.54, 1.807) is 36.1 Å². The van der Waals surface area contributed by atoms with Gasteiger partial charge in [0.1, 0.15) is 23.7 Å². The summed E-state index contributed by atoms with van der Waals surface area (Å²) >= 11 is 0. The fraction of sp³-hybridized carbons (Fsp3) is 0.500. The van der Waals surface area contributed by atoms with Crippen LogP contribution in [0.15, 0.2) is 28.8 Å². The minimum atomic E-state index is -0.796. The zero-order valence-electron chi connectivity index (χ0n) is 15.8. The molecule has 1 aromatic carbocycles. The second-order valence-corrected chi connectivity index (χ2v) is 7.92. The molecule has 0 bridgehead atoms. The predicted molar refractivity (Wildman–Crippen MR) is 96.6 cm³/mol. The molecule has 2 fully saturated rings. The van der Waals surface area contributed by atoms with Gasteiger partial charge in [-0.25, -0.2) is 0 Å². The number of aromatic nitrogens is 1. The molecule has 2 saturated heterocycles. The number of amides is 1. The Morgan fingerprint density at radius 1 is 1.30 bits per heavy atom. The minimum absolute atomic E-state index is 0.0342. The Bertz CT molecular complexity index is 830. The monoisotopic (exact) mass is 372 g/mol. The first kappa shape index (κ1) is 18.0. The molecule has 7 heteroatoms. The van der Waals surface area contributed by atoms with Gasteiger partial charge in [0.15, 0.2) is 0 Å². The maximum atomic E-state index is 12.6. The standard InChI is InChI=1S/C20H24N2O5/c1-13-17(14(2)27-21-13)8-25-16-6-4-15(5-7-16)18(23)22-10-20(11-22)9-19(3,24)12-26-20/h4-7,24H,8-12H2,1-3H3. The largest absolute Gasteiger partial charge is 0.489 e. The molecular weight excluding hydrogens is 348 g/mol. The van der Waals surface area contributed by atoms with Gasteiger partial charge in [0, 0.05) is 12.0 Å². The molecule has 1 aromatic heterocycles. The first-order chi connectivity index (χ1) is 12.8. The van der Waals surface area contributed by atoms with Gasteiger partial charge in [-0.05, 0) is 45.0 Å². The van der Waals surface area contributed by atoms with Gasteiger partial charge >= 0.3 is 0 Å². The van der Waals surface area contributed by atoms with Crippen LogP contribution in [0.4, 0.5) is 0 Å². The summed E-state index contributed by atoms with van der Waals surface area (Å²) in [6.07, 6.45) is 0.568. The SMILES string of the molecule is Cc1noc(C)c1COc1ccc(C(=O)N2CC3(C2)CC(C)(O)CO3)cc1. The second-order valence-electron chi connectivity index (χ2n) is 7.92. The van der Waals surface area contributed by atoms with Crippen LogP contribution in [0.25, 0.3) is 0 Å². The third-order valence-electron chi connectivity index (χ3n) is 5.30. The van der Waals surface area contributed by atoms with Crippen LogP contribution in [0.3, 0.4) is 0 Å². The number of hydrogen-bond acceptors (Lipinski definition) is 6. The average Bonchev–Trinajstić information content (AvgIpc) is 3.11. The van der Waals surface area contributed by atoms with Gasteiger partial charge < -0.3 is 24.0 Å². The van der Waals surface area contributed by atoms with Gasteiger partial charge in [-0.3, -0.25) is 4.79 Å². The number of aryl methyl sites for hydroxylation is 2. The van der Waals surface area contributed by atoms with Crippen LogP contribution in [-0.2, 0) is 11.3 Å². The highest BCUT2D eigenvalue weighted by atomic mass is 16.5. The number of carbonyl (C=O) groups excluding carboxylic acids is 1. The van der Waals surface area contributed by atoms with Crippen molar-refractivity contribution in [3.63, 3.8) is 0 Å². The number of ether oxygens (including phenoxy) is 2. The maximum absolute atomic E-state index is 12.6. The van der Waals surface area contributed by atoms with Crippen molar-refractivity contribution >= 4 is 5.91 Å². The third kappa shape index (κ3) is 3.44. The van der Waals surface area contributed by atoms with Crippen molar-refractivity contribution < 1.29 is 23.9 Å². The highest BCUT2D eigenvalue weighted by Crippen LogP contribution is 2.40. The first-order valence-electron chi connectivity index (χ1n) is 9.07. The zero-order chi connectivity index (χ0) is 19.2. The first-order valence-corrected chi connectivity index (χ1v) is 9.07. The van der Waals surface area contributed by atoms with Crippen molar-refractivity contribution in [2.45, 2.75) is 45.0 Å². The minimum Gasteiger partial charge on any atom is -0.489 e. The summed E-state index contributed by atoms with van der Waals surface area (Å²) in [5.41, 5.74) is 1.19. The summed E-state index contributed by atoms with van der Waals surface area (Å²) in [6, 6.07) is 7.11. The fourth-order valence-electron chi connectivity index (χ4n) is 3.84. The number of benzene rings is 1. The highest BCUT2D eigenvalue weighted by molar-refractivity contribution is 5.95. The lowest BCUT2D eigenvalue weighted by molar-refractivity contribution is -0.0954. The van der Waals surface area contributed by atoms with Crippen LogP contribution >= 0.6 is 0 Å². The number of likely N-dealkylation sites (tertiary alicyclic amines) is 1. The van der Waals surface area contributed by atoms with Gasteiger partial charge in [0.25, 0.3) is 5.91 Å². The Morgan fingerprint density at radius 3 is 2.56 bits per heavy atom. The molecule has 3 heterocycles. The molecule has 1 amide bonds. The Kier molecular flexibility index (Phi) is 4.24. The van der Waals surface area contributed by atoms with E-state index in [1.165, 1.54) is 0 Å². The molecule has 1 spiro atoms. The third-order valence-corrected chi connectivity index (χ3v) is 5.30. The summed E-state index contributed by atoms with van der Waals surface area (Å²) in [6.45, 7) is 7.25. The molecule has 2 aliphatic heterocycles. The van der Waals surface area contributed by atoms with Crippen LogP contribution in [0.2, 0.25) is 0 Å². The van der Waals surface area contributed by atoms with E-state index in [2.05, 4.69) is 5.16 Å². The van der Waals surface area contributed by atoms with Crippen molar-refractivity contribution in [2.24, 2.45) is 0 Å². The summed E-state index contributed by atoms with van der Waals surface area (Å²) in [5, 5.41) is 14.0. The van der Waals surface area contributed by atoms with E-state index in [9.17, 15) is 9.90 Å². The van der Waals surface area contributed by atoms with Crippen molar-refractivity contribution in [3.8, 4) is 5.75 Å². The lowest BCUT2D eigenvalue weighted by Crippen LogP contribution is -2.63. The maximum Gasteiger partial charge on any atom is 0.254 e. The normalized spacial score (nSPS) is 23.5. The lowest BCUT2D eigenvalue weighted by Gasteiger charge is -2.47. The van der Waals surface area contributed by atoms with Crippen LogP contribution in [-0.4, -0.2) is 52.0 Å². The molecule has 27 heavy (non-hydrogen) atoms. The van der Waals surface area contributed by atoms with Gasteiger partial charge in [-0.15, -0.1) is 0 Å². The lowest BCUT2D eigenvalue weighted by atomic mass is 9.85. The quantitative estimate of drug-likeness (QED) is 0.886. The van der Waals surface area contributed by atoms with Crippen molar-refractivity contribution in [1.29, 1.82) is 0 Å². The van der Waals surface area contributed by atoms with Gasteiger partial charge in [-0.1, -0.05) is 5.16 Å². The number of carbonyl (C=O) groups is 1. The Hall–Kier alpha value is -2.38. The Balaban J connectivity index is 1.34. The van der Waals surface area contributed by atoms with Crippen molar-refractivity contribution in [3.05, 3.63) is 46.8 Å². The zero-order valence-corrected chi connectivity index (χ0v) is 15.8. The van der Waals surface area contributed by atoms with E-state index < -0.39 is 5.60 Å². The number of nitrogens with zero attached hydrogens (tertiary/aromatic N) is 2. The summed E-state index contributed by atoms with van der Waals surface area (Å²) < 4.78 is 16.6. The molecule has 0 saturated carbocycles.